The number of carbonyl (C=O) groups is 2. The fraction of sp³-hybridized carbons (Fsp3) is 0.750. The maximum atomic E-state index is 11.1. The normalized spacial score (nSPS) is 13.1. The molecular formula is C8H14O3. The summed E-state index contributed by atoms with van der Waals surface area (Å²) >= 11 is 0. The Kier molecular flexibility index (Phi) is 3.79. The van der Waals surface area contributed by atoms with Crippen molar-refractivity contribution in [2.24, 2.45) is 11.8 Å². The third-order valence-electron chi connectivity index (χ3n) is 1.62. The molecule has 0 aliphatic heterocycles. The summed E-state index contributed by atoms with van der Waals surface area (Å²) in [5.41, 5.74) is 0. The standard InChI is InChI=1S/C8H14O3/c1-4-6(8(10)11)7(9)5(2)3/h5-6H,4H2,1-3H3,(H,10,11)/t6-/m1/s1. The van der Waals surface area contributed by atoms with Gasteiger partial charge < -0.3 is 5.11 Å². The van der Waals surface area contributed by atoms with Gasteiger partial charge in [-0.1, -0.05) is 20.8 Å². The first-order valence-electron chi connectivity index (χ1n) is 3.77. The molecule has 0 aromatic heterocycles. The van der Waals surface area contributed by atoms with Gasteiger partial charge in [-0.3, -0.25) is 9.59 Å². The second-order valence-electron chi connectivity index (χ2n) is 2.86. The van der Waals surface area contributed by atoms with Crippen molar-refractivity contribution in [2.75, 3.05) is 0 Å². The molecule has 0 spiro atoms. The molecule has 0 aliphatic rings. The number of carboxylic acids is 1. The summed E-state index contributed by atoms with van der Waals surface area (Å²) in [6, 6.07) is 0. The van der Waals surface area contributed by atoms with E-state index in [2.05, 4.69) is 0 Å². The van der Waals surface area contributed by atoms with Crippen molar-refractivity contribution >= 4 is 11.8 Å². The Morgan fingerprint density at radius 2 is 1.82 bits per heavy atom. The molecule has 0 saturated carbocycles. The zero-order valence-electron chi connectivity index (χ0n) is 7.13. The van der Waals surface area contributed by atoms with Crippen LogP contribution in [0.15, 0.2) is 0 Å². The van der Waals surface area contributed by atoms with E-state index in [0.29, 0.717) is 6.42 Å². The van der Waals surface area contributed by atoms with Crippen LogP contribution in [0, 0.1) is 11.8 Å². The predicted octanol–water partition coefficient (Wildman–Crippen LogP) is 1.32. The minimum absolute atomic E-state index is 0.181. The topological polar surface area (TPSA) is 54.4 Å². The first-order valence-corrected chi connectivity index (χ1v) is 3.77. The second kappa shape index (κ2) is 4.11. The number of carboxylic acid groups (broad SMARTS) is 1. The first-order chi connectivity index (χ1) is 5.00. The zero-order valence-corrected chi connectivity index (χ0v) is 7.13. The molecule has 1 atom stereocenters. The van der Waals surface area contributed by atoms with Gasteiger partial charge in [-0.15, -0.1) is 0 Å². The molecule has 0 saturated heterocycles. The van der Waals surface area contributed by atoms with Gasteiger partial charge in [-0.05, 0) is 6.42 Å². The molecule has 1 N–H and O–H groups in total. The van der Waals surface area contributed by atoms with Crippen LogP contribution in [0.25, 0.3) is 0 Å². The molecule has 0 aromatic rings. The Hall–Kier alpha value is -0.860. The molecule has 64 valence electrons. The van der Waals surface area contributed by atoms with E-state index < -0.39 is 11.9 Å². The van der Waals surface area contributed by atoms with E-state index >= 15 is 0 Å². The quantitative estimate of drug-likeness (QED) is 0.628. The summed E-state index contributed by atoms with van der Waals surface area (Å²) in [5.74, 6) is -2.18. The number of hydrogen-bond acceptors (Lipinski definition) is 2. The van der Waals surface area contributed by atoms with Gasteiger partial charge in [0, 0.05) is 5.92 Å². The highest BCUT2D eigenvalue weighted by Crippen LogP contribution is 2.10. The molecule has 0 radical (unpaired) electrons. The van der Waals surface area contributed by atoms with E-state index in [4.69, 9.17) is 5.11 Å². The lowest BCUT2D eigenvalue weighted by molar-refractivity contribution is -0.147. The van der Waals surface area contributed by atoms with Gasteiger partial charge in [-0.25, -0.2) is 0 Å². The van der Waals surface area contributed by atoms with Crippen molar-refractivity contribution < 1.29 is 14.7 Å². The van der Waals surface area contributed by atoms with E-state index in [9.17, 15) is 9.59 Å². The molecule has 0 unspecified atom stereocenters. The van der Waals surface area contributed by atoms with Crippen LogP contribution in [0.2, 0.25) is 0 Å². The van der Waals surface area contributed by atoms with Gasteiger partial charge >= 0.3 is 5.97 Å². The van der Waals surface area contributed by atoms with Crippen LogP contribution in [-0.2, 0) is 9.59 Å². The Labute approximate surface area is 66.4 Å². The van der Waals surface area contributed by atoms with Crippen molar-refractivity contribution in [1.82, 2.24) is 0 Å². The summed E-state index contributed by atoms with van der Waals surface area (Å²) in [5, 5.41) is 8.57. The van der Waals surface area contributed by atoms with Gasteiger partial charge in [-0.2, -0.15) is 0 Å². The van der Waals surface area contributed by atoms with Crippen LogP contribution in [0.4, 0.5) is 0 Å². The average molecular weight is 158 g/mol. The predicted molar refractivity (Wildman–Crippen MR) is 41.3 cm³/mol. The molecule has 0 aromatic carbocycles. The Bertz CT molecular complexity index is 161. The molecular weight excluding hydrogens is 144 g/mol. The molecule has 0 fully saturated rings. The third kappa shape index (κ3) is 2.70. The van der Waals surface area contributed by atoms with Crippen molar-refractivity contribution in [3.8, 4) is 0 Å². The number of ketones is 1. The van der Waals surface area contributed by atoms with Crippen molar-refractivity contribution in [1.29, 1.82) is 0 Å². The van der Waals surface area contributed by atoms with Crippen LogP contribution in [-0.4, -0.2) is 16.9 Å². The maximum Gasteiger partial charge on any atom is 0.314 e. The first kappa shape index (κ1) is 10.1. The van der Waals surface area contributed by atoms with Gasteiger partial charge in [0.2, 0.25) is 0 Å². The lowest BCUT2D eigenvalue weighted by Gasteiger charge is -2.10. The van der Waals surface area contributed by atoms with E-state index in [1.807, 2.05) is 0 Å². The minimum atomic E-state index is -1.01. The van der Waals surface area contributed by atoms with Crippen molar-refractivity contribution in [3.05, 3.63) is 0 Å². The summed E-state index contributed by atoms with van der Waals surface area (Å²) in [7, 11) is 0. The molecule has 3 heteroatoms. The highest BCUT2D eigenvalue weighted by Gasteiger charge is 2.25. The van der Waals surface area contributed by atoms with Crippen LogP contribution in [0.3, 0.4) is 0 Å². The number of hydrogen-bond donors (Lipinski definition) is 1. The molecule has 0 heterocycles. The summed E-state index contributed by atoms with van der Waals surface area (Å²) < 4.78 is 0. The van der Waals surface area contributed by atoms with E-state index in [1.54, 1.807) is 20.8 Å². The molecule has 11 heavy (non-hydrogen) atoms. The van der Waals surface area contributed by atoms with Gasteiger partial charge in [0.25, 0.3) is 0 Å². The summed E-state index contributed by atoms with van der Waals surface area (Å²) in [4.78, 5) is 21.6. The van der Waals surface area contributed by atoms with Crippen LogP contribution >= 0.6 is 0 Å². The lowest BCUT2D eigenvalue weighted by Crippen LogP contribution is -2.26. The van der Waals surface area contributed by atoms with Gasteiger partial charge in [0.15, 0.2) is 0 Å². The van der Waals surface area contributed by atoms with Crippen LogP contribution < -0.4 is 0 Å². The number of Topliss-reactive ketones (excluding diaryl/α,β-unsaturated/α-hetero) is 1. The smallest absolute Gasteiger partial charge is 0.314 e. The Morgan fingerprint density at radius 1 is 1.36 bits per heavy atom. The molecule has 3 nitrogen and oxygen atoms in total. The number of aliphatic carboxylic acids is 1. The fourth-order valence-corrected chi connectivity index (χ4v) is 0.900. The monoisotopic (exact) mass is 158 g/mol. The van der Waals surface area contributed by atoms with Crippen molar-refractivity contribution in [3.63, 3.8) is 0 Å². The number of carbonyl (C=O) groups excluding carboxylic acids is 1. The molecule has 0 bridgehead atoms. The number of rotatable bonds is 4. The third-order valence-corrected chi connectivity index (χ3v) is 1.62. The Balaban J connectivity index is 4.27. The van der Waals surface area contributed by atoms with E-state index in [1.165, 1.54) is 0 Å². The van der Waals surface area contributed by atoms with Crippen LogP contribution in [0.1, 0.15) is 27.2 Å². The molecule has 0 aliphatic carbocycles. The lowest BCUT2D eigenvalue weighted by atomic mass is 9.93. The SMILES string of the molecule is CC[C@@H](C(=O)O)C(=O)C(C)C. The summed E-state index contributed by atoms with van der Waals surface area (Å²) in [6.45, 7) is 5.14. The van der Waals surface area contributed by atoms with Crippen molar-refractivity contribution in [2.45, 2.75) is 27.2 Å². The molecule has 0 amide bonds. The fourth-order valence-electron chi connectivity index (χ4n) is 0.900. The average Bonchev–Trinajstić information content (AvgIpc) is 1.88. The highest BCUT2D eigenvalue weighted by atomic mass is 16.4. The van der Waals surface area contributed by atoms with E-state index in [0.717, 1.165) is 0 Å². The minimum Gasteiger partial charge on any atom is -0.481 e. The van der Waals surface area contributed by atoms with Crippen LogP contribution in [0.5, 0.6) is 0 Å². The summed E-state index contributed by atoms with van der Waals surface area (Å²) in [6.07, 6.45) is 0.381. The van der Waals surface area contributed by atoms with Gasteiger partial charge in [0.1, 0.15) is 11.7 Å². The van der Waals surface area contributed by atoms with Gasteiger partial charge in [0.05, 0.1) is 0 Å². The maximum absolute atomic E-state index is 11.1. The highest BCUT2D eigenvalue weighted by molar-refractivity contribution is 5.98. The Morgan fingerprint density at radius 3 is 1.91 bits per heavy atom. The second-order valence-corrected chi connectivity index (χ2v) is 2.86. The van der Waals surface area contributed by atoms with E-state index in [-0.39, 0.29) is 11.7 Å². The largest absolute Gasteiger partial charge is 0.481 e. The zero-order chi connectivity index (χ0) is 9.02. The molecule has 0 rings (SSSR count).